The van der Waals surface area contributed by atoms with Crippen LogP contribution in [0.2, 0.25) is 0 Å². The predicted octanol–water partition coefficient (Wildman–Crippen LogP) is 3.73. The molecule has 2 saturated heterocycles. The van der Waals surface area contributed by atoms with Gasteiger partial charge in [-0.3, -0.25) is 10.2 Å². The van der Waals surface area contributed by atoms with Crippen LogP contribution in [0.25, 0.3) is 0 Å². The minimum absolute atomic E-state index is 0.142. The largest absolute Gasteiger partial charge is 0.366 e. The Morgan fingerprint density at radius 2 is 1.93 bits per heavy atom. The Morgan fingerprint density at radius 1 is 1.07 bits per heavy atom. The highest BCUT2D eigenvalue weighted by atomic mass is 16.2. The van der Waals surface area contributed by atoms with Crippen LogP contribution < -0.4 is 20.0 Å². The van der Waals surface area contributed by atoms with E-state index in [9.17, 15) is 4.79 Å². The minimum atomic E-state index is -0.145. The number of anilines is 4. The van der Waals surface area contributed by atoms with Gasteiger partial charge >= 0.3 is 6.03 Å². The van der Waals surface area contributed by atoms with Gasteiger partial charge in [0.2, 0.25) is 0 Å². The number of carbonyl (C=O) groups excluding carboxylic acids is 1. The lowest BCUT2D eigenvalue weighted by Gasteiger charge is -2.46. The number of nitrogens with one attached hydrogen (secondary N) is 1. The Hall–Kier alpha value is -2.83. The van der Waals surface area contributed by atoms with Gasteiger partial charge in [0.1, 0.15) is 11.6 Å². The molecule has 0 spiro atoms. The van der Waals surface area contributed by atoms with Gasteiger partial charge in [-0.15, -0.1) is 0 Å². The summed E-state index contributed by atoms with van der Waals surface area (Å²) in [7, 11) is 0. The average Bonchev–Trinajstić information content (AvgIpc) is 2.74. The summed E-state index contributed by atoms with van der Waals surface area (Å²) < 4.78 is 0. The second kappa shape index (κ2) is 7.54. The first-order chi connectivity index (χ1) is 14.2. The van der Waals surface area contributed by atoms with Crippen molar-refractivity contribution in [3.63, 3.8) is 0 Å². The van der Waals surface area contributed by atoms with Crippen molar-refractivity contribution >= 4 is 29.2 Å². The van der Waals surface area contributed by atoms with Gasteiger partial charge in [0.25, 0.3) is 0 Å². The summed E-state index contributed by atoms with van der Waals surface area (Å²) in [6.45, 7) is 6.25. The molecule has 1 unspecified atom stereocenters. The molecule has 2 fully saturated rings. The highest BCUT2D eigenvalue weighted by Crippen LogP contribution is 2.39. The zero-order valence-electron chi connectivity index (χ0n) is 16.9. The van der Waals surface area contributed by atoms with Crippen molar-refractivity contribution in [1.29, 1.82) is 0 Å². The predicted molar refractivity (Wildman–Crippen MR) is 116 cm³/mol. The van der Waals surface area contributed by atoms with Crippen LogP contribution in [0.3, 0.4) is 0 Å². The Labute approximate surface area is 171 Å². The molecule has 7 heteroatoms. The third-order valence-electron chi connectivity index (χ3n) is 6.27. The van der Waals surface area contributed by atoms with Crippen LogP contribution >= 0.6 is 0 Å². The van der Waals surface area contributed by atoms with Gasteiger partial charge in [0.05, 0.1) is 11.7 Å². The van der Waals surface area contributed by atoms with Crippen LogP contribution in [-0.4, -0.2) is 48.2 Å². The molecule has 2 aromatic rings. The van der Waals surface area contributed by atoms with Gasteiger partial charge in [-0.25, -0.2) is 14.8 Å². The molecule has 5 rings (SSSR count). The van der Waals surface area contributed by atoms with E-state index in [0.717, 1.165) is 56.3 Å². The summed E-state index contributed by atoms with van der Waals surface area (Å²) in [4.78, 5) is 29.2. The van der Waals surface area contributed by atoms with Crippen molar-refractivity contribution in [3.8, 4) is 0 Å². The highest BCUT2D eigenvalue weighted by molar-refractivity contribution is 6.04. The maximum absolute atomic E-state index is 13.3. The zero-order chi connectivity index (χ0) is 19.8. The van der Waals surface area contributed by atoms with Crippen molar-refractivity contribution in [3.05, 3.63) is 36.5 Å². The average molecular weight is 393 g/mol. The van der Waals surface area contributed by atoms with Crippen molar-refractivity contribution in [2.75, 3.05) is 46.2 Å². The van der Waals surface area contributed by atoms with Gasteiger partial charge in [-0.2, -0.15) is 0 Å². The fraction of sp³-hybridized carbons (Fsp3) is 0.500. The molecule has 29 heavy (non-hydrogen) atoms. The number of aromatic nitrogens is 2. The quantitative estimate of drug-likeness (QED) is 0.844. The van der Waals surface area contributed by atoms with Gasteiger partial charge < -0.3 is 9.80 Å². The van der Waals surface area contributed by atoms with E-state index < -0.39 is 0 Å². The molecule has 0 saturated carbocycles. The molecule has 2 bridgehead atoms. The summed E-state index contributed by atoms with van der Waals surface area (Å²) >= 11 is 0. The van der Waals surface area contributed by atoms with Crippen LogP contribution in [0.5, 0.6) is 0 Å². The van der Waals surface area contributed by atoms with E-state index in [-0.39, 0.29) is 12.1 Å². The normalized spacial score (nSPS) is 23.6. The standard InChI is InChI=1S/C22H28N6O/c1-16-6-4-13-27(14-16)20-10-9-18-21(25-20)28(17-7-5-12-26(18)15-17)22(29)24-19-8-2-3-11-23-19/h2-3,8-11,16-17H,4-7,12-15H2,1H3,(H,23,24,29)/t16?,17-/m0/s1. The van der Waals surface area contributed by atoms with Gasteiger partial charge in [-0.1, -0.05) is 13.0 Å². The van der Waals surface area contributed by atoms with E-state index in [1.54, 1.807) is 6.20 Å². The number of hydrogen-bond donors (Lipinski definition) is 1. The third-order valence-corrected chi connectivity index (χ3v) is 6.27. The molecule has 0 radical (unpaired) electrons. The summed E-state index contributed by atoms with van der Waals surface area (Å²) in [5, 5.41) is 2.97. The summed E-state index contributed by atoms with van der Waals surface area (Å²) in [5.74, 6) is 3.00. The lowest BCUT2D eigenvalue weighted by atomic mass is 9.99. The van der Waals surface area contributed by atoms with Crippen LogP contribution in [0.15, 0.2) is 36.5 Å². The molecule has 0 aliphatic carbocycles. The molecule has 1 N–H and O–H groups in total. The van der Waals surface area contributed by atoms with Crippen LogP contribution in [0.4, 0.5) is 27.9 Å². The first-order valence-electron chi connectivity index (χ1n) is 10.7. The number of carbonyl (C=O) groups is 1. The van der Waals surface area contributed by atoms with Gasteiger partial charge in [0, 0.05) is 32.4 Å². The fourth-order valence-corrected chi connectivity index (χ4v) is 4.85. The van der Waals surface area contributed by atoms with E-state index in [0.29, 0.717) is 11.7 Å². The van der Waals surface area contributed by atoms with Crippen LogP contribution in [0, 0.1) is 5.92 Å². The maximum atomic E-state index is 13.3. The summed E-state index contributed by atoms with van der Waals surface area (Å²) in [6.07, 6.45) is 6.24. The Balaban J connectivity index is 1.49. The number of rotatable bonds is 2. The first kappa shape index (κ1) is 18.2. The number of nitrogens with zero attached hydrogens (tertiary/aromatic N) is 5. The fourth-order valence-electron chi connectivity index (χ4n) is 4.85. The van der Waals surface area contributed by atoms with Crippen molar-refractivity contribution < 1.29 is 4.79 Å². The van der Waals surface area contributed by atoms with Gasteiger partial charge in [-0.05, 0) is 55.9 Å². The first-order valence-corrected chi connectivity index (χ1v) is 10.7. The molecule has 2 aromatic heterocycles. The van der Waals surface area contributed by atoms with Crippen molar-refractivity contribution in [2.45, 2.75) is 38.6 Å². The van der Waals surface area contributed by atoms with E-state index >= 15 is 0 Å². The topological polar surface area (TPSA) is 64.6 Å². The Morgan fingerprint density at radius 3 is 2.76 bits per heavy atom. The molecule has 3 aliphatic heterocycles. The molecule has 3 aliphatic rings. The Bertz CT molecular complexity index is 888. The second-order valence-corrected chi connectivity index (χ2v) is 8.46. The molecular formula is C22H28N6O. The molecule has 0 aromatic carbocycles. The molecule has 2 amide bonds. The minimum Gasteiger partial charge on any atom is -0.366 e. The molecule has 2 atom stereocenters. The van der Waals surface area contributed by atoms with Crippen molar-refractivity contribution in [1.82, 2.24) is 9.97 Å². The number of hydrogen-bond acceptors (Lipinski definition) is 5. The van der Waals surface area contributed by atoms with Gasteiger partial charge in [0.15, 0.2) is 5.82 Å². The molecule has 152 valence electrons. The van der Waals surface area contributed by atoms with E-state index in [2.05, 4.69) is 39.2 Å². The maximum Gasteiger partial charge on any atom is 0.329 e. The smallest absolute Gasteiger partial charge is 0.329 e. The summed E-state index contributed by atoms with van der Waals surface area (Å²) in [6, 6.07) is 9.81. The zero-order valence-corrected chi connectivity index (χ0v) is 16.9. The van der Waals surface area contributed by atoms with Crippen LogP contribution in [0.1, 0.15) is 32.6 Å². The third kappa shape index (κ3) is 3.50. The number of piperidine rings is 2. The number of urea groups is 1. The SMILES string of the molecule is CC1CCCN(c2ccc3c(n2)N(C(=O)Nc2ccccn2)[C@H]2CCCN3C2)C1. The molecular weight excluding hydrogens is 364 g/mol. The Kier molecular flexibility index (Phi) is 4.73. The lowest BCUT2D eigenvalue weighted by molar-refractivity contribution is 0.252. The van der Waals surface area contributed by atoms with Crippen molar-refractivity contribution in [2.24, 2.45) is 5.92 Å². The van der Waals surface area contributed by atoms with E-state index in [1.807, 2.05) is 23.1 Å². The lowest BCUT2D eigenvalue weighted by Crippen LogP contribution is -2.56. The number of amides is 2. The molecule has 7 nitrogen and oxygen atoms in total. The highest BCUT2D eigenvalue weighted by Gasteiger charge is 2.38. The van der Waals surface area contributed by atoms with E-state index in [4.69, 9.17) is 4.98 Å². The van der Waals surface area contributed by atoms with E-state index in [1.165, 1.54) is 12.8 Å². The molecule has 5 heterocycles. The monoisotopic (exact) mass is 392 g/mol. The second-order valence-electron chi connectivity index (χ2n) is 8.46. The number of pyridine rings is 2. The number of fused-ring (bicyclic) bond motifs is 4. The van der Waals surface area contributed by atoms with Crippen LogP contribution in [-0.2, 0) is 0 Å². The summed E-state index contributed by atoms with van der Waals surface area (Å²) in [5.41, 5.74) is 1.06.